The molecule has 1 heterocycles. The summed E-state index contributed by atoms with van der Waals surface area (Å²) in [5.74, 6) is 0. The number of nitrogens with two attached hydrogens (primary N) is 2. The van der Waals surface area contributed by atoms with Crippen molar-refractivity contribution in [3.8, 4) is 0 Å². The van der Waals surface area contributed by atoms with Crippen LogP contribution in [0.1, 0.15) is 53.4 Å². The number of hydrogen-bond donors (Lipinski definition) is 3. The second-order valence-corrected chi connectivity index (χ2v) is 7.72. The van der Waals surface area contributed by atoms with Crippen LogP contribution in [0.2, 0.25) is 0 Å². The van der Waals surface area contributed by atoms with Gasteiger partial charge in [-0.25, -0.2) is 0 Å². The van der Waals surface area contributed by atoms with E-state index in [2.05, 4.69) is 25.7 Å². The molecule has 0 spiro atoms. The van der Waals surface area contributed by atoms with Gasteiger partial charge in [-0.1, -0.05) is 27.7 Å². The van der Waals surface area contributed by atoms with Gasteiger partial charge in [-0.2, -0.15) is 0 Å². The summed E-state index contributed by atoms with van der Waals surface area (Å²) >= 11 is 0. The molecule has 0 aromatic heterocycles. The number of aliphatic hydroxyl groups excluding tert-OH is 1. The van der Waals surface area contributed by atoms with Crippen molar-refractivity contribution in [3.05, 3.63) is 0 Å². The fourth-order valence-corrected chi connectivity index (χ4v) is 2.87. The van der Waals surface area contributed by atoms with E-state index in [1.165, 1.54) is 0 Å². The second-order valence-electron chi connectivity index (χ2n) is 7.72. The van der Waals surface area contributed by atoms with Crippen molar-refractivity contribution >= 4 is 0 Å². The van der Waals surface area contributed by atoms with Crippen LogP contribution in [0.5, 0.6) is 0 Å². The molecular formula is C16H35N3O2. The van der Waals surface area contributed by atoms with E-state index in [0.717, 1.165) is 38.8 Å². The molecule has 1 rings (SSSR count). The van der Waals surface area contributed by atoms with Gasteiger partial charge in [0.05, 0.1) is 25.5 Å². The third-order valence-corrected chi connectivity index (χ3v) is 4.88. The van der Waals surface area contributed by atoms with Crippen molar-refractivity contribution in [1.29, 1.82) is 0 Å². The molecule has 2 atom stereocenters. The fourth-order valence-electron chi connectivity index (χ4n) is 2.87. The summed E-state index contributed by atoms with van der Waals surface area (Å²) in [6.45, 7) is 11.8. The largest absolute Gasteiger partial charge is 0.394 e. The highest BCUT2D eigenvalue weighted by molar-refractivity contribution is 4.91. The molecular weight excluding hydrogens is 266 g/mol. The maximum Gasteiger partial charge on any atom is 0.0992 e. The molecule has 0 amide bonds. The predicted octanol–water partition coefficient (Wildman–Crippen LogP) is 1.29. The van der Waals surface area contributed by atoms with E-state index in [0.29, 0.717) is 13.3 Å². The Morgan fingerprint density at radius 2 is 1.95 bits per heavy atom. The highest BCUT2D eigenvalue weighted by Gasteiger charge is 2.34. The van der Waals surface area contributed by atoms with E-state index in [1.807, 2.05) is 6.92 Å². The molecule has 0 aromatic rings. The fraction of sp³-hybridized carbons (Fsp3) is 1.00. The second kappa shape index (κ2) is 7.38. The third-order valence-electron chi connectivity index (χ3n) is 4.88. The van der Waals surface area contributed by atoms with E-state index in [4.69, 9.17) is 16.2 Å². The molecule has 1 aliphatic rings. The lowest BCUT2D eigenvalue weighted by molar-refractivity contribution is -0.0715. The van der Waals surface area contributed by atoms with E-state index >= 15 is 0 Å². The minimum absolute atomic E-state index is 0.0498. The van der Waals surface area contributed by atoms with Crippen LogP contribution in [-0.2, 0) is 4.74 Å². The number of aliphatic hydroxyl groups is 1. The minimum atomic E-state index is -0.448. The van der Waals surface area contributed by atoms with Crippen molar-refractivity contribution < 1.29 is 9.84 Å². The monoisotopic (exact) mass is 301 g/mol. The summed E-state index contributed by atoms with van der Waals surface area (Å²) in [5, 5.41) is 9.43. The highest BCUT2D eigenvalue weighted by atomic mass is 16.5. The smallest absolute Gasteiger partial charge is 0.0992 e. The summed E-state index contributed by atoms with van der Waals surface area (Å²) in [4.78, 5) is 2.30. The molecule has 1 saturated heterocycles. The molecule has 0 aromatic carbocycles. The minimum Gasteiger partial charge on any atom is -0.394 e. The van der Waals surface area contributed by atoms with E-state index < -0.39 is 5.54 Å². The van der Waals surface area contributed by atoms with Crippen LogP contribution in [0.25, 0.3) is 0 Å². The summed E-state index contributed by atoms with van der Waals surface area (Å²) in [7, 11) is 0. The zero-order valence-corrected chi connectivity index (χ0v) is 14.3. The van der Waals surface area contributed by atoms with Gasteiger partial charge < -0.3 is 21.3 Å². The lowest BCUT2D eigenvalue weighted by Gasteiger charge is -2.43. The molecule has 126 valence electrons. The van der Waals surface area contributed by atoms with E-state index in [1.54, 1.807) is 0 Å². The molecule has 5 heteroatoms. The number of nitrogens with zero attached hydrogens (tertiary/aromatic N) is 1. The van der Waals surface area contributed by atoms with Gasteiger partial charge in [-0.05, 0) is 31.1 Å². The molecule has 5 N–H and O–H groups in total. The lowest BCUT2D eigenvalue weighted by atomic mass is 9.80. The first-order valence-corrected chi connectivity index (χ1v) is 8.16. The third kappa shape index (κ3) is 5.83. The molecule has 0 saturated carbocycles. The van der Waals surface area contributed by atoms with Gasteiger partial charge >= 0.3 is 0 Å². The average Bonchev–Trinajstić information content (AvgIpc) is 2.44. The zero-order valence-electron chi connectivity index (χ0n) is 14.3. The van der Waals surface area contributed by atoms with Crippen molar-refractivity contribution in [2.24, 2.45) is 16.9 Å². The Morgan fingerprint density at radius 3 is 2.48 bits per heavy atom. The Labute approximate surface area is 130 Å². The van der Waals surface area contributed by atoms with Gasteiger partial charge in [0, 0.05) is 18.6 Å². The SMILES string of the molecule is CCC(N)(CO)CCC(C)(C)CN1COCC(N)(CC)C1. The average molecular weight is 301 g/mol. The summed E-state index contributed by atoms with van der Waals surface area (Å²) in [6, 6.07) is 0. The normalized spacial score (nSPS) is 27.6. The highest BCUT2D eigenvalue weighted by Crippen LogP contribution is 2.29. The Morgan fingerprint density at radius 1 is 1.29 bits per heavy atom. The van der Waals surface area contributed by atoms with Crippen molar-refractivity contribution in [2.75, 3.05) is 33.0 Å². The molecule has 21 heavy (non-hydrogen) atoms. The maximum atomic E-state index is 9.43. The Bertz CT molecular complexity index is 319. The summed E-state index contributed by atoms with van der Waals surface area (Å²) < 4.78 is 5.66. The molecule has 0 radical (unpaired) electrons. The molecule has 0 bridgehead atoms. The molecule has 5 nitrogen and oxygen atoms in total. The molecule has 1 aliphatic heterocycles. The Hall–Kier alpha value is -0.200. The number of ether oxygens (including phenoxy) is 1. The van der Waals surface area contributed by atoms with Crippen LogP contribution in [0.4, 0.5) is 0 Å². The van der Waals surface area contributed by atoms with Crippen LogP contribution in [0.15, 0.2) is 0 Å². The van der Waals surface area contributed by atoms with Gasteiger partial charge in [-0.3, -0.25) is 4.90 Å². The molecule has 0 aliphatic carbocycles. The summed E-state index contributed by atoms with van der Waals surface area (Å²) in [6.07, 6.45) is 3.55. The first-order chi connectivity index (χ1) is 9.67. The first-order valence-electron chi connectivity index (χ1n) is 8.16. The molecule has 2 unspecified atom stereocenters. The van der Waals surface area contributed by atoms with Crippen molar-refractivity contribution in [3.63, 3.8) is 0 Å². The lowest BCUT2D eigenvalue weighted by Crippen LogP contribution is -2.59. The Kier molecular flexibility index (Phi) is 6.62. The van der Waals surface area contributed by atoms with Gasteiger partial charge in [0.1, 0.15) is 0 Å². The quantitative estimate of drug-likeness (QED) is 0.629. The number of hydrogen-bond acceptors (Lipinski definition) is 5. The van der Waals surface area contributed by atoms with Crippen molar-refractivity contribution in [2.45, 2.75) is 64.5 Å². The standard InChI is InChI=1S/C16H35N3O2/c1-5-15(17,11-20)8-7-14(3,4)9-19-10-16(18,6-2)12-21-13-19/h20H,5-13,17-18H2,1-4H3. The van der Waals surface area contributed by atoms with Crippen LogP contribution in [0, 0.1) is 5.41 Å². The van der Waals surface area contributed by atoms with Crippen LogP contribution in [-0.4, -0.2) is 54.1 Å². The maximum absolute atomic E-state index is 9.43. The van der Waals surface area contributed by atoms with Crippen LogP contribution in [0.3, 0.4) is 0 Å². The first kappa shape index (κ1) is 18.8. The predicted molar refractivity (Wildman–Crippen MR) is 86.9 cm³/mol. The van der Waals surface area contributed by atoms with Gasteiger partial charge in [0.15, 0.2) is 0 Å². The Balaban J connectivity index is 2.52. The van der Waals surface area contributed by atoms with E-state index in [-0.39, 0.29) is 17.6 Å². The molecule has 1 fully saturated rings. The van der Waals surface area contributed by atoms with E-state index in [9.17, 15) is 5.11 Å². The van der Waals surface area contributed by atoms with Crippen LogP contribution >= 0.6 is 0 Å². The zero-order chi connectivity index (χ0) is 16.1. The van der Waals surface area contributed by atoms with Crippen molar-refractivity contribution in [1.82, 2.24) is 4.90 Å². The summed E-state index contributed by atoms with van der Waals surface area (Å²) in [5.41, 5.74) is 12.0. The number of rotatable bonds is 8. The van der Waals surface area contributed by atoms with Gasteiger partial charge in [0.25, 0.3) is 0 Å². The van der Waals surface area contributed by atoms with Gasteiger partial charge in [0.2, 0.25) is 0 Å². The topological polar surface area (TPSA) is 84.7 Å². The van der Waals surface area contributed by atoms with Crippen LogP contribution < -0.4 is 11.5 Å². The van der Waals surface area contributed by atoms with Gasteiger partial charge in [-0.15, -0.1) is 0 Å².